The predicted molar refractivity (Wildman–Crippen MR) is 127 cm³/mol. The van der Waals surface area contributed by atoms with E-state index in [4.69, 9.17) is 0 Å². The molecule has 0 spiro atoms. The van der Waals surface area contributed by atoms with Crippen LogP contribution >= 0.6 is 0 Å². The first-order chi connectivity index (χ1) is 18.5. The summed E-state index contributed by atoms with van der Waals surface area (Å²) in [6, 6.07) is 6.89. The molecule has 1 aliphatic rings. The van der Waals surface area contributed by atoms with Crippen LogP contribution in [0.5, 0.6) is 6.01 Å². The molecule has 4 rings (SSSR count). The second kappa shape index (κ2) is 11.7. The van der Waals surface area contributed by atoms with Gasteiger partial charge in [-0.2, -0.15) is 41.3 Å². The third-order valence-corrected chi connectivity index (χ3v) is 5.78. The highest BCUT2D eigenvalue weighted by atomic mass is 19.4. The molecule has 2 aromatic heterocycles. The highest BCUT2D eigenvalue weighted by molar-refractivity contribution is 5.93. The van der Waals surface area contributed by atoms with E-state index in [-0.39, 0.29) is 29.4 Å². The van der Waals surface area contributed by atoms with Gasteiger partial charge in [-0.25, -0.2) is 0 Å². The number of alkyl halides is 6. The summed E-state index contributed by atoms with van der Waals surface area (Å²) in [6.07, 6.45) is -4.87. The molecule has 1 aromatic carbocycles. The fourth-order valence-corrected chi connectivity index (χ4v) is 3.85. The van der Waals surface area contributed by atoms with Crippen LogP contribution in [0.25, 0.3) is 0 Å². The van der Waals surface area contributed by atoms with Crippen molar-refractivity contribution < 1.29 is 35.9 Å². The number of ether oxygens (including phenoxy) is 1. The van der Waals surface area contributed by atoms with Crippen LogP contribution in [0.15, 0.2) is 48.8 Å². The van der Waals surface area contributed by atoms with Crippen molar-refractivity contribution in [3.63, 3.8) is 0 Å². The van der Waals surface area contributed by atoms with Crippen LogP contribution in [0.1, 0.15) is 28.8 Å². The predicted octanol–water partition coefficient (Wildman–Crippen LogP) is 4.93. The zero-order valence-corrected chi connectivity index (χ0v) is 20.3. The third kappa shape index (κ3) is 8.15. The van der Waals surface area contributed by atoms with Crippen LogP contribution in [0, 0.1) is 5.92 Å². The molecule has 0 unspecified atom stereocenters. The largest absolute Gasteiger partial charge is 0.454 e. The van der Waals surface area contributed by atoms with Crippen LogP contribution in [-0.2, 0) is 6.18 Å². The van der Waals surface area contributed by atoms with E-state index < -0.39 is 30.5 Å². The SMILES string of the molecule is O=C(c1cccnc1)N1CCC(CNc2nc(Nc3cccc(C(F)(F)F)c3)nc(OCC(F)(F)F)n2)CC1. The standard InChI is InChI=1S/C24H23F6N7O2/c25-23(26,27)14-39-22-35-20(34-21(36-22)33-18-5-1-4-17(11-18)24(28,29)30)32-12-15-6-9-37(10-7-15)19(38)16-3-2-8-31-13-16/h1-5,8,11,13,15H,6-7,9-10,12,14H2,(H2,32,33,34,35,36). The third-order valence-electron chi connectivity index (χ3n) is 5.78. The van der Waals surface area contributed by atoms with Crippen molar-refractivity contribution in [2.75, 3.05) is 36.9 Å². The van der Waals surface area contributed by atoms with Crippen molar-refractivity contribution in [1.29, 1.82) is 0 Å². The molecule has 208 valence electrons. The molecule has 15 heteroatoms. The maximum Gasteiger partial charge on any atom is 0.422 e. The zero-order valence-electron chi connectivity index (χ0n) is 20.3. The highest BCUT2D eigenvalue weighted by Gasteiger charge is 2.31. The fraction of sp³-hybridized carbons (Fsp3) is 0.375. The molecular weight excluding hydrogens is 532 g/mol. The number of halogens is 6. The molecule has 9 nitrogen and oxygen atoms in total. The van der Waals surface area contributed by atoms with Crippen molar-refractivity contribution in [3.8, 4) is 6.01 Å². The van der Waals surface area contributed by atoms with Gasteiger partial charge in [0.05, 0.1) is 11.1 Å². The first kappa shape index (κ1) is 27.9. The Labute approximate surface area is 218 Å². The monoisotopic (exact) mass is 555 g/mol. The van der Waals surface area contributed by atoms with Crippen molar-refractivity contribution >= 4 is 23.5 Å². The van der Waals surface area contributed by atoms with Crippen molar-refractivity contribution in [1.82, 2.24) is 24.8 Å². The molecule has 1 aliphatic heterocycles. The van der Waals surface area contributed by atoms with E-state index in [0.717, 1.165) is 18.2 Å². The van der Waals surface area contributed by atoms with Crippen LogP contribution in [0.2, 0.25) is 0 Å². The maximum atomic E-state index is 13.0. The van der Waals surface area contributed by atoms with Gasteiger partial charge in [0.2, 0.25) is 11.9 Å². The van der Waals surface area contributed by atoms with Gasteiger partial charge >= 0.3 is 18.4 Å². The second-order valence-corrected chi connectivity index (χ2v) is 8.73. The van der Waals surface area contributed by atoms with Crippen molar-refractivity contribution in [3.05, 3.63) is 59.9 Å². The molecular formula is C24H23F6N7O2. The molecule has 2 N–H and O–H groups in total. The molecule has 0 bridgehead atoms. The van der Waals surface area contributed by atoms with E-state index >= 15 is 0 Å². The number of nitrogens with one attached hydrogen (secondary N) is 2. The molecule has 3 heterocycles. The Morgan fingerprint density at radius 2 is 1.74 bits per heavy atom. The molecule has 0 atom stereocenters. The van der Waals surface area contributed by atoms with E-state index in [1.165, 1.54) is 12.3 Å². The highest BCUT2D eigenvalue weighted by Crippen LogP contribution is 2.31. The molecule has 3 aromatic rings. The molecule has 1 saturated heterocycles. The lowest BCUT2D eigenvalue weighted by atomic mass is 9.96. The summed E-state index contributed by atoms with van der Waals surface area (Å²) < 4.78 is 81.8. The number of carbonyl (C=O) groups is 1. The van der Waals surface area contributed by atoms with Gasteiger partial charge in [-0.15, -0.1) is 0 Å². The van der Waals surface area contributed by atoms with Gasteiger partial charge in [-0.1, -0.05) is 6.07 Å². The average Bonchev–Trinajstić information content (AvgIpc) is 2.90. The minimum absolute atomic E-state index is 0.0330. The Kier molecular flexibility index (Phi) is 8.35. The van der Waals surface area contributed by atoms with Crippen LogP contribution in [0.3, 0.4) is 0 Å². The summed E-state index contributed by atoms with van der Waals surface area (Å²) >= 11 is 0. The Balaban J connectivity index is 1.42. The number of likely N-dealkylation sites (tertiary alicyclic amines) is 1. The average molecular weight is 555 g/mol. The number of piperidine rings is 1. The Hall–Kier alpha value is -4.17. The molecule has 39 heavy (non-hydrogen) atoms. The minimum Gasteiger partial charge on any atom is -0.454 e. The summed E-state index contributed by atoms with van der Waals surface area (Å²) in [7, 11) is 0. The van der Waals surface area contributed by atoms with Crippen LogP contribution in [0.4, 0.5) is 43.9 Å². The molecule has 1 amide bonds. The lowest BCUT2D eigenvalue weighted by Crippen LogP contribution is -2.40. The quantitative estimate of drug-likeness (QED) is 0.377. The fourth-order valence-electron chi connectivity index (χ4n) is 3.85. The Morgan fingerprint density at radius 1 is 1.00 bits per heavy atom. The first-order valence-corrected chi connectivity index (χ1v) is 11.8. The number of hydrogen-bond donors (Lipinski definition) is 2. The number of pyridine rings is 1. The number of amides is 1. The van der Waals surface area contributed by atoms with Gasteiger partial charge in [-0.05, 0) is 49.1 Å². The lowest BCUT2D eigenvalue weighted by Gasteiger charge is -2.32. The summed E-state index contributed by atoms with van der Waals surface area (Å²) in [5.74, 6) is -0.450. The summed E-state index contributed by atoms with van der Waals surface area (Å²) in [5.41, 5.74) is -0.470. The van der Waals surface area contributed by atoms with Crippen molar-refractivity contribution in [2.24, 2.45) is 5.92 Å². The van der Waals surface area contributed by atoms with Gasteiger partial charge in [0.1, 0.15) is 0 Å². The van der Waals surface area contributed by atoms with Gasteiger partial charge in [0, 0.05) is 37.7 Å². The number of rotatable bonds is 8. The number of benzene rings is 1. The van der Waals surface area contributed by atoms with Crippen LogP contribution in [-0.4, -0.2) is 63.2 Å². The van der Waals surface area contributed by atoms with Gasteiger partial charge in [0.15, 0.2) is 6.61 Å². The zero-order chi connectivity index (χ0) is 28.0. The number of hydrogen-bond acceptors (Lipinski definition) is 8. The maximum absolute atomic E-state index is 13.0. The minimum atomic E-state index is -4.66. The summed E-state index contributed by atoms with van der Waals surface area (Å²) in [4.78, 5) is 30.0. The topological polar surface area (TPSA) is 105 Å². The first-order valence-electron chi connectivity index (χ1n) is 11.8. The number of anilines is 3. The van der Waals surface area contributed by atoms with E-state index in [9.17, 15) is 31.1 Å². The summed E-state index contributed by atoms with van der Waals surface area (Å²) in [5, 5.41) is 5.49. The van der Waals surface area contributed by atoms with Gasteiger partial charge < -0.3 is 20.3 Å². The van der Waals surface area contributed by atoms with E-state index in [1.54, 1.807) is 23.2 Å². The molecule has 0 aliphatic carbocycles. The number of nitrogens with zero attached hydrogens (tertiary/aromatic N) is 5. The second-order valence-electron chi connectivity index (χ2n) is 8.73. The van der Waals surface area contributed by atoms with E-state index in [2.05, 4.69) is 35.3 Å². The molecule has 1 fully saturated rings. The Morgan fingerprint density at radius 3 is 2.41 bits per heavy atom. The summed E-state index contributed by atoms with van der Waals surface area (Å²) in [6.45, 7) is -0.331. The van der Waals surface area contributed by atoms with Crippen LogP contribution < -0.4 is 15.4 Å². The van der Waals surface area contributed by atoms with E-state index in [1.807, 2.05) is 0 Å². The van der Waals surface area contributed by atoms with Gasteiger partial charge in [0.25, 0.3) is 5.91 Å². The molecule has 0 radical (unpaired) electrons. The smallest absolute Gasteiger partial charge is 0.422 e. The van der Waals surface area contributed by atoms with E-state index in [0.29, 0.717) is 38.0 Å². The normalized spacial score (nSPS) is 14.7. The number of carbonyl (C=O) groups excluding carboxylic acids is 1. The van der Waals surface area contributed by atoms with Gasteiger partial charge in [-0.3, -0.25) is 9.78 Å². The van der Waals surface area contributed by atoms with Crippen molar-refractivity contribution in [2.45, 2.75) is 25.2 Å². The number of aromatic nitrogens is 4. The Bertz CT molecular complexity index is 1270. The lowest BCUT2D eigenvalue weighted by molar-refractivity contribution is -0.154. The molecule has 0 saturated carbocycles.